The van der Waals surface area contributed by atoms with Crippen LogP contribution in [0.5, 0.6) is 0 Å². The number of nitrogens with zero attached hydrogens (tertiary/aromatic N) is 2. The number of nitrogens with one attached hydrogen (secondary N) is 8. The molecule has 2 aromatic carbocycles. The summed E-state index contributed by atoms with van der Waals surface area (Å²) in [6, 6.07) is 10.7. The van der Waals surface area contributed by atoms with Gasteiger partial charge in [-0.2, -0.15) is 0 Å². The van der Waals surface area contributed by atoms with Gasteiger partial charge in [0.05, 0.1) is 51.6 Å². The Morgan fingerprint density at radius 1 is 0.568 bits per heavy atom. The van der Waals surface area contributed by atoms with Gasteiger partial charge in [-0.1, -0.05) is 55.1 Å². The summed E-state index contributed by atoms with van der Waals surface area (Å²) in [4.78, 5) is 163. The first kappa shape index (κ1) is 87.2. The lowest BCUT2D eigenvalue weighted by molar-refractivity contribution is -0.155. The molecule has 38 nitrogen and oxygen atoms in total. The topological polar surface area (TPSA) is 464 Å². The Kier molecular flexibility index (Phi) is 31.9. The SMILES string of the molecule is C=C(NC(=O)OC(C)(C)C)N[C@H]1C=C(C(=O)OC)O[C@@H]([C@H](OCC(=O)NCCCOCCN(CCOCCCNC(=O)CO[C@@H]([C@@H]2OC(C(=O)OC)=C[C@H](N=C(NC(=O)OC(C)(C)C)NC(=O)OC(C)(C)C)[C@H]2NC(C)=O)[C@H]2COC(=O)O2)C(=O)OCC2c3ccccc3-c3ccccc32)[C@H]2COC(=O)O2)[C@@H]1NC(C)=O. The molecule has 7 rings (SSSR count). The first-order valence-electron chi connectivity index (χ1n) is 35.7. The summed E-state index contributed by atoms with van der Waals surface area (Å²) in [5.41, 5.74) is 1.16. The summed E-state index contributed by atoms with van der Waals surface area (Å²) in [6.45, 7) is 19.0. The fraction of sp³-hybridized carbons (Fsp3) is 0.575. The molecule has 4 heterocycles. The quantitative estimate of drug-likeness (QED) is 0.0162. The van der Waals surface area contributed by atoms with Crippen molar-refractivity contribution in [3.05, 3.63) is 95.7 Å². The summed E-state index contributed by atoms with van der Waals surface area (Å²) in [5, 5.41) is 20.9. The Balaban J connectivity index is 0.946. The number of hydrogen-bond acceptors (Lipinski definition) is 30. The van der Waals surface area contributed by atoms with Crippen LogP contribution in [-0.4, -0.2) is 261 Å². The molecule has 8 amide bonds. The number of benzene rings is 2. The second-order valence-corrected chi connectivity index (χ2v) is 28.6. The van der Waals surface area contributed by atoms with Gasteiger partial charge in [-0.25, -0.2) is 43.3 Å². The largest absolute Gasteiger partial charge is 0.508 e. The van der Waals surface area contributed by atoms with E-state index in [4.69, 9.17) is 75.8 Å². The van der Waals surface area contributed by atoms with Crippen LogP contribution in [0.3, 0.4) is 0 Å². The summed E-state index contributed by atoms with van der Waals surface area (Å²) >= 11 is 0. The molecule has 5 aliphatic rings. The van der Waals surface area contributed by atoms with Crippen LogP contribution < -0.4 is 42.5 Å². The first-order chi connectivity index (χ1) is 52.5. The Labute approximate surface area is 640 Å². The molecule has 4 aliphatic heterocycles. The van der Waals surface area contributed by atoms with Crippen molar-refractivity contribution in [1.29, 1.82) is 0 Å². The smallest absolute Gasteiger partial charge is 0.478 e. The average molecular weight is 1570 g/mol. The number of carbonyl (C=O) groups is 12. The standard InChI is InChI=1S/C73H100N10O28/c1-40(77-65(90)109-71(4,5)6)76-48-33-50(62(88)96-13)105-60(56(48)78-41(2)84)58(52-36-103-69(94)107-52)100-38-54(86)74-25-19-29-98-31-27-83(68(93)102-35-47-45-23-17-15-21-43(45)44-22-16-18-24-46(44)47)28-32-99-30-20-26-75-55(87)39-101-59(53-37-104-70(95)108-53)61-57(79-42(3)85)49(34-51(106-61)63(89)97-14)80-64(81-66(91)110-72(7,8)9)82-67(92)111-73(10,11)12/h15-18,21-24,33-34,47-49,52-53,56-61,76H,1,19-20,25-32,35-39H2,2-14H3,(H,74,86)(H,75,87)(H,77,90)(H,78,84)(H,79,85)(H2,80,81,82,91,92)/t48-,49-,52+,53+,56+,57+,58+,59+,60+,61+/m0/s1. The number of cyclic esters (lactones) is 4. The molecule has 111 heavy (non-hydrogen) atoms. The fourth-order valence-corrected chi connectivity index (χ4v) is 11.8. The maximum atomic E-state index is 14.1. The fourth-order valence-electron chi connectivity index (χ4n) is 11.8. The van der Waals surface area contributed by atoms with Gasteiger partial charge in [0.1, 0.15) is 67.9 Å². The van der Waals surface area contributed by atoms with Crippen molar-refractivity contribution in [3.63, 3.8) is 0 Å². The predicted molar refractivity (Wildman–Crippen MR) is 386 cm³/mol. The van der Waals surface area contributed by atoms with Gasteiger partial charge in [0.2, 0.25) is 41.1 Å². The van der Waals surface area contributed by atoms with E-state index in [2.05, 4.69) is 54.1 Å². The van der Waals surface area contributed by atoms with E-state index in [-0.39, 0.29) is 96.2 Å². The number of rotatable bonds is 34. The lowest BCUT2D eigenvalue weighted by Crippen LogP contribution is -2.64. The van der Waals surface area contributed by atoms with Crippen molar-refractivity contribution in [2.75, 3.05) is 99.9 Å². The van der Waals surface area contributed by atoms with E-state index >= 15 is 0 Å². The molecule has 8 N–H and O–H groups in total. The maximum Gasteiger partial charge on any atom is 0.508 e. The number of fused-ring (bicyclic) bond motifs is 3. The molecule has 1 aliphatic carbocycles. The van der Waals surface area contributed by atoms with Crippen LogP contribution in [0.25, 0.3) is 11.1 Å². The van der Waals surface area contributed by atoms with Gasteiger partial charge in [-0.3, -0.25) is 35.1 Å². The van der Waals surface area contributed by atoms with Crippen LogP contribution in [-0.2, 0) is 105 Å². The zero-order valence-electron chi connectivity index (χ0n) is 64.3. The molecule has 2 aromatic rings. The zero-order valence-corrected chi connectivity index (χ0v) is 64.3. The van der Waals surface area contributed by atoms with E-state index in [0.717, 1.165) is 49.5 Å². The molecule has 0 saturated carbocycles. The highest BCUT2D eigenvalue weighted by Crippen LogP contribution is 2.45. The number of carbonyl (C=O) groups excluding carboxylic acids is 12. The molecule has 2 fully saturated rings. The minimum Gasteiger partial charge on any atom is -0.478 e. The Morgan fingerprint density at radius 2 is 1.00 bits per heavy atom. The molecular formula is C73H100N10O28. The van der Waals surface area contributed by atoms with E-state index in [0.29, 0.717) is 0 Å². The predicted octanol–water partition coefficient (Wildman–Crippen LogP) is 3.77. The summed E-state index contributed by atoms with van der Waals surface area (Å²) in [5.74, 6) is -6.32. The van der Waals surface area contributed by atoms with Gasteiger partial charge in [-0.05, 0) is 110 Å². The van der Waals surface area contributed by atoms with Gasteiger partial charge in [0, 0.05) is 59.2 Å². The Morgan fingerprint density at radius 3 is 1.43 bits per heavy atom. The van der Waals surface area contributed by atoms with E-state index in [1.807, 2.05) is 48.5 Å². The molecular weight excluding hydrogens is 1460 g/mol. The number of esters is 2. The molecule has 610 valence electrons. The average Bonchev–Trinajstić information content (AvgIpc) is 1.69. The summed E-state index contributed by atoms with van der Waals surface area (Å²) in [6.07, 6.45) is -11.3. The Bertz CT molecular complexity index is 3690. The number of aliphatic imine (C=N–C) groups is 1. The first-order valence-corrected chi connectivity index (χ1v) is 35.7. The van der Waals surface area contributed by atoms with Gasteiger partial charge >= 0.3 is 48.6 Å². The van der Waals surface area contributed by atoms with Gasteiger partial charge in [0.25, 0.3) is 0 Å². The lowest BCUT2D eigenvalue weighted by atomic mass is 9.91. The second-order valence-electron chi connectivity index (χ2n) is 28.6. The maximum absolute atomic E-state index is 14.1. The molecule has 10 atom stereocenters. The number of ether oxygens (including phenoxy) is 16. The molecule has 38 heteroatoms. The third-order valence-electron chi connectivity index (χ3n) is 16.3. The van der Waals surface area contributed by atoms with Crippen molar-refractivity contribution in [2.45, 2.75) is 173 Å². The van der Waals surface area contributed by atoms with Gasteiger partial charge in [-0.15, -0.1) is 0 Å². The van der Waals surface area contributed by atoms with Crippen LogP contribution >= 0.6 is 0 Å². The highest BCUT2D eigenvalue weighted by Gasteiger charge is 2.51. The second kappa shape index (κ2) is 40.6. The van der Waals surface area contributed by atoms with E-state index in [1.54, 1.807) is 62.3 Å². The van der Waals surface area contributed by atoms with Gasteiger partial charge < -0.3 is 107 Å². The number of methoxy groups -OCH3 is 2. The normalized spacial score (nSPS) is 20.3. The third-order valence-corrected chi connectivity index (χ3v) is 16.3. The molecule has 0 aromatic heterocycles. The van der Waals surface area contributed by atoms with Crippen LogP contribution in [0.2, 0.25) is 0 Å². The van der Waals surface area contributed by atoms with E-state index in [9.17, 15) is 57.5 Å². The zero-order chi connectivity index (χ0) is 81.3. The molecule has 0 bridgehead atoms. The number of alkyl carbamates (subject to hydrolysis) is 3. The summed E-state index contributed by atoms with van der Waals surface area (Å²) < 4.78 is 89.3. The Hall–Kier alpha value is -11.0. The molecule has 0 radical (unpaired) electrons. The summed E-state index contributed by atoms with van der Waals surface area (Å²) in [7, 11) is 2.16. The molecule has 0 spiro atoms. The van der Waals surface area contributed by atoms with Crippen LogP contribution in [0, 0.1) is 0 Å². The van der Waals surface area contributed by atoms with Crippen LogP contribution in [0.4, 0.5) is 28.8 Å². The third kappa shape index (κ3) is 27.8. The lowest BCUT2D eigenvalue weighted by Gasteiger charge is -2.41. The van der Waals surface area contributed by atoms with E-state index in [1.165, 1.54) is 17.9 Å². The van der Waals surface area contributed by atoms with Crippen molar-refractivity contribution < 1.29 is 133 Å². The minimum absolute atomic E-state index is 0.0142. The van der Waals surface area contributed by atoms with E-state index < -0.39 is 181 Å². The van der Waals surface area contributed by atoms with Gasteiger partial charge in [0.15, 0.2) is 24.4 Å². The van der Waals surface area contributed by atoms with Crippen molar-refractivity contribution >= 4 is 78.2 Å². The van der Waals surface area contributed by atoms with Crippen molar-refractivity contribution in [2.24, 2.45) is 4.99 Å². The van der Waals surface area contributed by atoms with Crippen LogP contribution in [0.1, 0.15) is 106 Å². The number of guanidine groups is 1. The number of amides is 8. The number of hydrogen-bond donors (Lipinski definition) is 8. The van der Waals surface area contributed by atoms with Crippen LogP contribution in [0.15, 0.2) is 89.6 Å². The van der Waals surface area contributed by atoms with Crippen molar-refractivity contribution in [1.82, 2.24) is 47.4 Å². The minimum atomic E-state index is -1.56. The highest BCUT2D eigenvalue weighted by atomic mass is 16.8. The molecule has 2 saturated heterocycles. The van der Waals surface area contributed by atoms with Crippen molar-refractivity contribution in [3.8, 4) is 11.1 Å². The monoisotopic (exact) mass is 1560 g/mol. The highest BCUT2D eigenvalue weighted by molar-refractivity contribution is 6.01. The molecule has 0 unspecified atom stereocenters.